The van der Waals surface area contributed by atoms with Crippen LogP contribution in [-0.4, -0.2) is 22.4 Å². The Bertz CT molecular complexity index is 397. The molecule has 0 amide bonds. The number of anilines is 2. The molecule has 1 aromatic heterocycles. The van der Waals surface area contributed by atoms with Crippen molar-refractivity contribution in [2.75, 3.05) is 17.2 Å². The average molecular weight is 250 g/mol. The van der Waals surface area contributed by atoms with E-state index in [0.29, 0.717) is 6.04 Å². The molecule has 1 fully saturated rings. The van der Waals surface area contributed by atoms with Crippen LogP contribution in [0, 0.1) is 6.92 Å². The minimum absolute atomic E-state index is 0.621. The molecule has 0 radical (unpaired) electrons. The molecule has 1 unspecified atom stereocenters. The molecule has 2 rings (SSSR count). The number of rotatable bonds is 3. The predicted octanol–water partition coefficient (Wildman–Crippen LogP) is 2.95. The maximum atomic E-state index is 6.25. The lowest BCUT2D eigenvalue weighted by atomic mass is 10.1. The van der Waals surface area contributed by atoms with Gasteiger partial charge in [-0.2, -0.15) is 5.10 Å². The summed E-state index contributed by atoms with van der Waals surface area (Å²) in [5.74, 6) is 1.16. The van der Waals surface area contributed by atoms with E-state index < -0.39 is 0 Å². The van der Waals surface area contributed by atoms with Crippen molar-refractivity contribution in [2.24, 2.45) is 0 Å². The summed E-state index contributed by atoms with van der Waals surface area (Å²) in [5.41, 5.74) is 8.09. The molecule has 18 heavy (non-hydrogen) atoms. The molecular weight excluding hydrogens is 224 g/mol. The molecule has 2 heterocycles. The second-order valence-corrected chi connectivity index (χ2v) is 5.24. The number of aryl methyl sites for hydroxylation is 2. The summed E-state index contributed by atoms with van der Waals surface area (Å²) in [5, 5.41) is 4.55. The molecule has 2 N–H and O–H groups in total. The number of aromatic nitrogens is 2. The largest absolute Gasteiger partial charge is 0.394 e. The highest BCUT2D eigenvalue weighted by Gasteiger charge is 2.25. The Morgan fingerprint density at radius 1 is 1.28 bits per heavy atom. The number of hydrogen-bond acceptors (Lipinski definition) is 3. The fraction of sp³-hybridized carbons (Fsp3) is 0.786. The summed E-state index contributed by atoms with van der Waals surface area (Å²) in [6, 6.07) is 0.621. The van der Waals surface area contributed by atoms with Crippen molar-refractivity contribution < 1.29 is 0 Å². The fourth-order valence-corrected chi connectivity index (χ4v) is 2.99. The Morgan fingerprint density at radius 3 is 2.72 bits per heavy atom. The average Bonchev–Trinajstić information content (AvgIpc) is 2.58. The highest BCUT2D eigenvalue weighted by Crippen LogP contribution is 2.32. The van der Waals surface area contributed by atoms with Crippen LogP contribution in [0.2, 0.25) is 0 Å². The SMILES string of the molecule is CCC1CCCCCN1c1c(N)c(C)nn1CC. The Kier molecular flexibility index (Phi) is 4.15. The van der Waals surface area contributed by atoms with E-state index in [0.717, 1.165) is 30.3 Å². The first-order chi connectivity index (χ1) is 8.69. The summed E-state index contributed by atoms with van der Waals surface area (Å²) in [6.45, 7) is 8.42. The van der Waals surface area contributed by atoms with E-state index in [2.05, 4.69) is 28.5 Å². The third-order valence-electron chi connectivity index (χ3n) is 4.07. The van der Waals surface area contributed by atoms with Crippen molar-refractivity contribution in [3.05, 3.63) is 5.69 Å². The molecule has 0 aliphatic carbocycles. The van der Waals surface area contributed by atoms with Gasteiger partial charge in [0.15, 0.2) is 5.82 Å². The van der Waals surface area contributed by atoms with Crippen molar-refractivity contribution in [3.8, 4) is 0 Å². The standard InChI is InChI=1S/C14H26N4/c1-4-12-9-7-6-8-10-17(12)14-13(15)11(3)16-18(14)5-2/h12H,4-10,15H2,1-3H3. The normalized spacial score (nSPS) is 21.1. The molecule has 1 saturated heterocycles. The van der Waals surface area contributed by atoms with Crippen molar-refractivity contribution in [3.63, 3.8) is 0 Å². The molecular formula is C14H26N4. The number of nitrogens with two attached hydrogens (primary N) is 1. The van der Waals surface area contributed by atoms with Gasteiger partial charge in [0.2, 0.25) is 0 Å². The Morgan fingerprint density at radius 2 is 2.06 bits per heavy atom. The van der Waals surface area contributed by atoms with Crippen LogP contribution in [0.4, 0.5) is 11.5 Å². The van der Waals surface area contributed by atoms with Gasteiger partial charge in [-0.15, -0.1) is 0 Å². The van der Waals surface area contributed by atoms with Crippen LogP contribution in [0.1, 0.15) is 51.6 Å². The van der Waals surface area contributed by atoms with E-state index in [-0.39, 0.29) is 0 Å². The Hall–Kier alpha value is -1.19. The fourth-order valence-electron chi connectivity index (χ4n) is 2.99. The summed E-state index contributed by atoms with van der Waals surface area (Å²) in [7, 11) is 0. The zero-order valence-electron chi connectivity index (χ0n) is 11.9. The number of hydrogen-bond donors (Lipinski definition) is 1. The van der Waals surface area contributed by atoms with Gasteiger partial charge in [0.1, 0.15) is 0 Å². The minimum atomic E-state index is 0.621. The summed E-state index contributed by atoms with van der Waals surface area (Å²) in [6.07, 6.45) is 6.42. The van der Waals surface area contributed by atoms with Crippen LogP contribution < -0.4 is 10.6 Å². The molecule has 0 spiro atoms. The van der Waals surface area contributed by atoms with Crippen LogP contribution in [0.3, 0.4) is 0 Å². The third kappa shape index (κ3) is 2.33. The van der Waals surface area contributed by atoms with Gasteiger partial charge in [-0.05, 0) is 33.1 Å². The van der Waals surface area contributed by atoms with Gasteiger partial charge in [-0.3, -0.25) is 0 Å². The van der Waals surface area contributed by atoms with Crippen LogP contribution in [-0.2, 0) is 6.54 Å². The molecule has 0 saturated carbocycles. The molecule has 0 bridgehead atoms. The predicted molar refractivity (Wildman–Crippen MR) is 76.9 cm³/mol. The third-order valence-corrected chi connectivity index (χ3v) is 4.07. The van der Waals surface area contributed by atoms with Crippen LogP contribution >= 0.6 is 0 Å². The maximum Gasteiger partial charge on any atom is 0.150 e. The van der Waals surface area contributed by atoms with Crippen LogP contribution in [0.25, 0.3) is 0 Å². The second-order valence-electron chi connectivity index (χ2n) is 5.24. The van der Waals surface area contributed by atoms with Crippen molar-refractivity contribution in [2.45, 2.75) is 65.5 Å². The second kappa shape index (κ2) is 5.63. The topological polar surface area (TPSA) is 47.1 Å². The first-order valence-corrected chi connectivity index (χ1v) is 7.28. The Labute approximate surface area is 110 Å². The van der Waals surface area contributed by atoms with E-state index in [9.17, 15) is 0 Å². The first kappa shape index (κ1) is 13.2. The molecule has 0 aromatic carbocycles. The quantitative estimate of drug-likeness (QED) is 0.897. The van der Waals surface area contributed by atoms with Gasteiger partial charge in [0.05, 0.1) is 11.4 Å². The zero-order chi connectivity index (χ0) is 13.1. The molecule has 102 valence electrons. The van der Waals surface area contributed by atoms with Gasteiger partial charge < -0.3 is 10.6 Å². The first-order valence-electron chi connectivity index (χ1n) is 7.28. The van der Waals surface area contributed by atoms with Crippen LogP contribution in [0.15, 0.2) is 0 Å². The van der Waals surface area contributed by atoms with Crippen molar-refractivity contribution in [1.82, 2.24) is 9.78 Å². The highest BCUT2D eigenvalue weighted by molar-refractivity contribution is 5.66. The summed E-state index contributed by atoms with van der Waals surface area (Å²) < 4.78 is 2.07. The van der Waals surface area contributed by atoms with Crippen LogP contribution in [0.5, 0.6) is 0 Å². The minimum Gasteiger partial charge on any atom is -0.394 e. The van der Waals surface area contributed by atoms with E-state index in [4.69, 9.17) is 5.73 Å². The smallest absolute Gasteiger partial charge is 0.150 e. The lowest BCUT2D eigenvalue weighted by molar-refractivity contribution is 0.532. The van der Waals surface area contributed by atoms with Gasteiger partial charge >= 0.3 is 0 Å². The van der Waals surface area contributed by atoms with E-state index in [1.807, 2.05) is 6.92 Å². The highest BCUT2D eigenvalue weighted by atomic mass is 15.4. The summed E-state index contributed by atoms with van der Waals surface area (Å²) >= 11 is 0. The van der Waals surface area contributed by atoms with E-state index >= 15 is 0 Å². The number of nitrogens with zero attached hydrogens (tertiary/aromatic N) is 3. The maximum absolute atomic E-state index is 6.25. The molecule has 1 aromatic rings. The van der Waals surface area contributed by atoms with E-state index in [1.54, 1.807) is 0 Å². The van der Waals surface area contributed by atoms with E-state index in [1.165, 1.54) is 32.1 Å². The van der Waals surface area contributed by atoms with Crippen molar-refractivity contribution in [1.29, 1.82) is 0 Å². The van der Waals surface area contributed by atoms with Gasteiger partial charge in [-0.1, -0.05) is 19.8 Å². The van der Waals surface area contributed by atoms with Crippen molar-refractivity contribution >= 4 is 11.5 Å². The molecule has 4 heteroatoms. The summed E-state index contributed by atoms with van der Waals surface area (Å²) in [4.78, 5) is 2.51. The molecule has 1 atom stereocenters. The lowest BCUT2D eigenvalue weighted by Gasteiger charge is -2.32. The molecule has 1 aliphatic rings. The molecule has 1 aliphatic heterocycles. The monoisotopic (exact) mass is 250 g/mol. The van der Waals surface area contributed by atoms with Gasteiger partial charge in [-0.25, -0.2) is 4.68 Å². The lowest BCUT2D eigenvalue weighted by Crippen LogP contribution is -2.36. The Balaban J connectivity index is 2.37. The molecule has 4 nitrogen and oxygen atoms in total. The van der Waals surface area contributed by atoms with Gasteiger partial charge in [0, 0.05) is 19.1 Å². The zero-order valence-corrected chi connectivity index (χ0v) is 11.9. The van der Waals surface area contributed by atoms with Gasteiger partial charge in [0.25, 0.3) is 0 Å². The number of nitrogen functional groups attached to an aromatic ring is 1.